The number of rotatable bonds is 1. The third-order valence-corrected chi connectivity index (χ3v) is 7.49. The predicted molar refractivity (Wildman–Crippen MR) is 74.5 cm³/mol. The first kappa shape index (κ1) is 14.3. The van der Waals surface area contributed by atoms with Gasteiger partial charge in [0.1, 0.15) is 5.25 Å². The molecule has 0 aromatic heterocycles. The number of carbonyl (C=O) groups is 1. The molecule has 4 nitrogen and oxygen atoms in total. The van der Waals surface area contributed by atoms with Crippen molar-refractivity contribution in [3.8, 4) is 0 Å². The maximum absolute atomic E-state index is 12.4. The highest BCUT2D eigenvalue weighted by Gasteiger charge is 2.39. The molecule has 2 fully saturated rings. The van der Waals surface area contributed by atoms with Crippen LogP contribution in [0.15, 0.2) is 0 Å². The third kappa shape index (κ3) is 2.90. The van der Waals surface area contributed by atoms with Gasteiger partial charge in [-0.2, -0.15) is 0 Å². The van der Waals surface area contributed by atoms with E-state index in [0.29, 0.717) is 36.7 Å². The fourth-order valence-corrected chi connectivity index (χ4v) is 5.00. The molecule has 2 saturated heterocycles. The van der Waals surface area contributed by atoms with Gasteiger partial charge in [-0.05, 0) is 25.2 Å². The highest BCUT2D eigenvalue weighted by molar-refractivity contribution is 9.09. The molecule has 0 saturated carbocycles. The normalized spacial score (nSPS) is 36.3. The van der Waals surface area contributed by atoms with Crippen LogP contribution in [0.2, 0.25) is 0 Å². The number of piperidine rings is 1. The summed E-state index contributed by atoms with van der Waals surface area (Å²) in [5, 5.41) is -0.773. The van der Waals surface area contributed by atoms with Gasteiger partial charge in [0.05, 0.1) is 5.75 Å². The molecule has 0 aromatic rings. The van der Waals surface area contributed by atoms with E-state index in [2.05, 4.69) is 22.9 Å². The molecule has 2 rings (SSSR count). The largest absolute Gasteiger partial charge is 0.341 e. The summed E-state index contributed by atoms with van der Waals surface area (Å²) < 4.78 is 23.9. The van der Waals surface area contributed by atoms with Crippen molar-refractivity contribution in [3.63, 3.8) is 0 Å². The van der Waals surface area contributed by atoms with E-state index in [0.717, 1.165) is 12.8 Å². The van der Waals surface area contributed by atoms with Crippen LogP contribution < -0.4 is 0 Å². The topological polar surface area (TPSA) is 54.5 Å². The Labute approximate surface area is 117 Å². The van der Waals surface area contributed by atoms with Gasteiger partial charge >= 0.3 is 0 Å². The molecule has 3 atom stereocenters. The number of alkyl halides is 1. The Morgan fingerprint density at radius 3 is 2.61 bits per heavy atom. The molecule has 3 unspecified atom stereocenters. The van der Waals surface area contributed by atoms with Crippen LogP contribution in [-0.4, -0.2) is 48.1 Å². The monoisotopic (exact) mass is 337 g/mol. The Balaban J connectivity index is 2.07. The van der Waals surface area contributed by atoms with Gasteiger partial charge in [-0.15, -0.1) is 0 Å². The van der Waals surface area contributed by atoms with E-state index in [4.69, 9.17) is 0 Å². The number of halogens is 1. The van der Waals surface area contributed by atoms with E-state index in [1.165, 1.54) is 0 Å². The summed E-state index contributed by atoms with van der Waals surface area (Å²) in [5.41, 5.74) is 0. The molecule has 0 aliphatic carbocycles. The van der Waals surface area contributed by atoms with Gasteiger partial charge in [-0.1, -0.05) is 29.3 Å². The van der Waals surface area contributed by atoms with E-state index in [-0.39, 0.29) is 11.7 Å². The second kappa shape index (κ2) is 5.49. The molecule has 2 aliphatic rings. The lowest BCUT2D eigenvalue weighted by atomic mass is 9.99. The molecular weight excluding hydrogens is 318 g/mol. The first-order valence-corrected chi connectivity index (χ1v) is 9.19. The molecule has 2 aliphatic heterocycles. The van der Waals surface area contributed by atoms with Crippen molar-refractivity contribution < 1.29 is 13.2 Å². The fourth-order valence-electron chi connectivity index (χ4n) is 2.75. The molecule has 0 bridgehead atoms. The van der Waals surface area contributed by atoms with Gasteiger partial charge in [-0.25, -0.2) is 8.42 Å². The summed E-state index contributed by atoms with van der Waals surface area (Å²) in [7, 11) is -3.21. The van der Waals surface area contributed by atoms with Gasteiger partial charge in [0.2, 0.25) is 5.91 Å². The number of hydrogen-bond acceptors (Lipinski definition) is 3. The number of carbonyl (C=O) groups excluding carboxylic acids is 1. The molecule has 6 heteroatoms. The smallest absolute Gasteiger partial charge is 0.240 e. The molecule has 18 heavy (non-hydrogen) atoms. The number of amides is 1. The minimum Gasteiger partial charge on any atom is -0.341 e. The van der Waals surface area contributed by atoms with Crippen LogP contribution in [0.5, 0.6) is 0 Å². The summed E-state index contributed by atoms with van der Waals surface area (Å²) in [6, 6.07) is 0. The Bertz CT molecular complexity index is 423. The zero-order valence-electron chi connectivity index (χ0n) is 10.6. The zero-order valence-corrected chi connectivity index (χ0v) is 13.0. The Morgan fingerprint density at radius 2 is 2.00 bits per heavy atom. The van der Waals surface area contributed by atoms with Crippen molar-refractivity contribution in [2.24, 2.45) is 5.92 Å². The highest BCUT2D eigenvalue weighted by atomic mass is 79.9. The van der Waals surface area contributed by atoms with Crippen molar-refractivity contribution in [3.05, 3.63) is 0 Å². The Hall–Kier alpha value is -0.100. The molecule has 0 radical (unpaired) electrons. The first-order chi connectivity index (χ1) is 8.42. The van der Waals surface area contributed by atoms with E-state index in [1.54, 1.807) is 4.90 Å². The van der Waals surface area contributed by atoms with E-state index in [1.807, 2.05) is 0 Å². The molecule has 2 heterocycles. The minimum absolute atomic E-state index is 0.166. The van der Waals surface area contributed by atoms with E-state index < -0.39 is 15.1 Å². The molecule has 1 amide bonds. The standard InChI is InChI=1S/C12H20BrNO3S/c1-9-8-14(6-5-10(9)13)12(15)11-4-2-3-7-18(11,16)17/h9-11H,2-8H2,1H3. The van der Waals surface area contributed by atoms with Gasteiger partial charge in [0.15, 0.2) is 9.84 Å². The zero-order chi connectivity index (χ0) is 13.3. The average Bonchev–Trinajstić information content (AvgIpc) is 2.31. The van der Waals surface area contributed by atoms with E-state index >= 15 is 0 Å². The van der Waals surface area contributed by atoms with Gasteiger partial charge in [-0.3, -0.25) is 4.79 Å². The third-order valence-electron chi connectivity index (χ3n) is 3.97. The summed E-state index contributed by atoms with van der Waals surface area (Å²) in [4.78, 5) is 14.5. The van der Waals surface area contributed by atoms with Crippen molar-refractivity contribution in [2.45, 2.75) is 42.7 Å². The van der Waals surface area contributed by atoms with Crippen molar-refractivity contribution in [1.29, 1.82) is 0 Å². The first-order valence-electron chi connectivity index (χ1n) is 6.56. The SMILES string of the molecule is CC1CN(C(=O)C2CCCCS2(=O)=O)CCC1Br. The van der Waals surface area contributed by atoms with Crippen molar-refractivity contribution in [2.75, 3.05) is 18.8 Å². The minimum atomic E-state index is -3.21. The van der Waals surface area contributed by atoms with Crippen LogP contribution in [0.1, 0.15) is 32.6 Å². The van der Waals surface area contributed by atoms with Crippen LogP contribution in [0, 0.1) is 5.92 Å². The predicted octanol–water partition coefficient (Wildman–Crippen LogP) is 1.59. The highest BCUT2D eigenvalue weighted by Crippen LogP contribution is 2.27. The molecule has 0 aromatic carbocycles. The van der Waals surface area contributed by atoms with Gasteiger partial charge < -0.3 is 4.90 Å². The lowest BCUT2D eigenvalue weighted by Crippen LogP contribution is -2.50. The van der Waals surface area contributed by atoms with E-state index in [9.17, 15) is 13.2 Å². The quantitative estimate of drug-likeness (QED) is 0.682. The van der Waals surface area contributed by atoms with Gasteiger partial charge in [0.25, 0.3) is 0 Å². The Kier molecular flexibility index (Phi) is 4.36. The van der Waals surface area contributed by atoms with Crippen LogP contribution >= 0.6 is 15.9 Å². The maximum Gasteiger partial charge on any atom is 0.240 e. The lowest BCUT2D eigenvalue weighted by molar-refractivity contribution is -0.132. The van der Waals surface area contributed by atoms with Crippen LogP contribution in [0.3, 0.4) is 0 Å². The second-order valence-electron chi connectivity index (χ2n) is 5.42. The van der Waals surface area contributed by atoms with Crippen LogP contribution in [-0.2, 0) is 14.6 Å². The molecule has 104 valence electrons. The summed E-state index contributed by atoms with van der Waals surface area (Å²) >= 11 is 3.59. The van der Waals surface area contributed by atoms with Crippen LogP contribution in [0.25, 0.3) is 0 Å². The molecule has 0 N–H and O–H groups in total. The summed E-state index contributed by atoms with van der Waals surface area (Å²) in [6.45, 7) is 3.43. The second-order valence-corrected chi connectivity index (χ2v) is 8.90. The molecular formula is C12H20BrNO3S. The number of nitrogens with zero attached hydrogens (tertiary/aromatic N) is 1. The Morgan fingerprint density at radius 1 is 1.28 bits per heavy atom. The fraction of sp³-hybridized carbons (Fsp3) is 0.917. The lowest BCUT2D eigenvalue weighted by Gasteiger charge is -2.36. The average molecular weight is 338 g/mol. The van der Waals surface area contributed by atoms with Crippen molar-refractivity contribution in [1.82, 2.24) is 4.90 Å². The van der Waals surface area contributed by atoms with Gasteiger partial charge in [0, 0.05) is 17.9 Å². The van der Waals surface area contributed by atoms with Crippen LogP contribution in [0.4, 0.5) is 0 Å². The maximum atomic E-state index is 12.4. The summed E-state index contributed by atoms with van der Waals surface area (Å²) in [5.74, 6) is 0.392. The molecule has 0 spiro atoms. The number of likely N-dealkylation sites (tertiary alicyclic amines) is 1. The summed E-state index contributed by atoms with van der Waals surface area (Å²) in [6.07, 6.45) is 2.95. The number of sulfone groups is 1. The number of hydrogen-bond donors (Lipinski definition) is 0. The van der Waals surface area contributed by atoms with Crippen molar-refractivity contribution >= 4 is 31.7 Å².